The zero-order valence-electron chi connectivity index (χ0n) is 15.3. The summed E-state index contributed by atoms with van der Waals surface area (Å²) in [6.45, 7) is 3.35. The van der Waals surface area contributed by atoms with E-state index in [9.17, 15) is 4.79 Å². The fourth-order valence-corrected chi connectivity index (χ4v) is 3.43. The summed E-state index contributed by atoms with van der Waals surface area (Å²) in [7, 11) is 0. The number of carbonyl (C=O) groups excluding carboxylic acids is 1. The molecule has 3 aromatic rings. The predicted octanol–water partition coefficient (Wildman–Crippen LogP) is 2.74. The minimum Gasteiger partial charge on any atom is -0.338 e. The normalized spacial score (nSPS) is 13.7. The lowest BCUT2D eigenvalue weighted by molar-refractivity contribution is 0.0762. The molecule has 4 heterocycles. The Balaban J connectivity index is 1.57. The Bertz CT molecular complexity index is 941. The highest BCUT2D eigenvalue weighted by atomic mass is 16.2. The van der Waals surface area contributed by atoms with Crippen LogP contribution >= 0.6 is 0 Å². The smallest absolute Gasteiger partial charge is 0.255 e. The average Bonchev–Trinajstić information content (AvgIpc) is 2.96. The highest BCUT2D eigenvalue weighted by Crippen LogP contribution is 2.25. The fourth-order valence-electron chi connectivity index (χ4n) is 3.43. The maximum absolute atomic E-state index is 12.9. The molecule has 0 radical (unpaired) electrons. The Morgan fingerprint density at radius 3 is 2.59 bits per heavy atom. The van der Waals surface area contributed by atoms with Crippen molar-refractivity contribution < 1.29 is 4.79 Å². The van der Waals surface area contributed by atoms with E-state index < -0.39 is 0 Å². The summed E-state index contributed by atoms with van der Waals surface area (Å²) in [5, 5.41) is 0. The molecule has 0 fully saturated rings. The Kier molecular flexibility index (Phi) is 4.87. The van der Waals surface area contributed by atoms with E-state index in [1.54, 1.807) is 24.9 Å². The largest absolute Gasteiger partial charge is 0.338 e. The molecular weight excluding hydrogens is 338 g/mol. The first-order valence-electron chi connectivity index (χ1n) is 9.23. The summed E-state index contributed by atoms with van der Waals surface area (Å²) in [6.07, 6.45) is 9.15. The highest BCUT2D eigenvalue weighted by molar-refractivity contribution is 5.94. The molecule has 0 saturated carbocycles. The van der Waals surface area contributed by atoms with Crippen LogP contribution in [0, 0.1) is 0 Å². The van der Waals surface area contributed by atoms with Crippen LogP contribution in [0.5, 0.6) is 0 Å². The summed E-state index contributed by atoms with van der Waals surface area (Å²) in [5.74, 6) is 0.0244. The molecule has 1 amide bonds. The van der Waals surface area contributed by atoms with E-state index in [1.165, 1.54) is 0 Å². The van der Waals surface area contributed by atoms with Crippen LogP contribution in [0.4, 0.5) is 0 Å². The molecule has 4 rings (SSSR count). The van der Waals surface area contributed by atoms with E-state index >= 15 is 0 Å². The van der Waals surface area contributed by atoms with Crippen LogP contribution in [-0.4, -0.2) is 43.8 Å². The van der Waals surface area contributed by atoms with Crippen LogP contribution in [0.15, 0.2) is 49.2 Å². The van der Waals surface area contributed by atoms with Crippen molar-refractivity contribution in [3.05, 3.63) is 71.7 Å². The lowest BCUT2D eigenvalue weighted by Gasteiger charge is -2.20. The third-order valence-electron chi connectivity index (χ3n) is 4.96. The van der Waals surface area contributed by atoms with E-state index in [-0.39, 0.29) is 5.91 Å². The van der Waals surface area contributed by atoms with Crippen molar-refractivity contribution in [3.8, 4) is 11.3 Å². The monoisotopic (exact) mass is 359 g/mol. The zero-order chi connectivity index (χ0) is 18.6. The minimum absolute atomic E-state index is 0.0244. The van der Waals surface area contributed by atoms with Crippen LogP contribution in [0.25, 0.3) is 11.3 Å². The van der Waals surface area contributed by atoms with Gasteiger partial charge in [-0.2, -0.15) is 0 Å². The molecule has 1 aliphatic heterocycles. The van der Waals surface area contributed by atoms with Crippen molar-refractivity contribution in [1.29, 1.82) is 0 Å². The highest BCUT2D eigenvalue weighted by Gasteiger charge is 2.23. The summed E-state index contributed by atoms with van der Waals surface area (Å²) in [6, 6.07) is 7.70. The Hall–Kier alpha value is -3.15. The number of hydrogen-bond donors (Lipinski definition) is 0. The van der Waals surface area contributed by atoms with Crippen LogP contribution in [-0.2, 0) is 19.3 Å². The third-order valence-corrected chi connectivity index (χ3v) is 4.96. The molecule has 1 aliphatic rings. The Morgan fingerprint density at radius 1 is 1.04 bits per heavy atom. The summed E-state index contributed by atoms with van der Waals surface area (Å²) >= 11 is 0. The van der Waals surface area contributed by atoms with E-state index in [4.69, 9.17) is 0 Å². The summed E-state index contributed by atoms with van der Waals surface area (Å²) in [5.41, 5.74) is 5.74. The zero-order valence-corrected chi connectivity index (χ0v) is 15.3. The molecule has 6 nitrogen and oxygen atoms in total. The first-order valence-corrected chi connectivity index (χ1v) is 9.23. The van der Waals surface area contributed by atoms with Gasteiger partial charge in [-0.15, -0.1) is 0 Å². The lowest BCUT2D eigenvalue weighted by Crippen LogP contribution is -2.33. The van der Waals surface area contributed by atoms with Crippen molar-refractivity contribution in [2.45, 2.75) is 26.2 Å². The molecule has 0 bridgehead atoms. The van der Waals surface area contributed by atoms with Crippen molar-refractivity contribution in [2.24, 2.45) is 0 Å². The van der Waals surface area contributed by atoms with Crippen molar-refractivity contribution in [3.63, 3.8) is 0 Å². The van der Waals surface area contributed by atoms with Crippen molar-refractivity contribution >= 4 is 5.91 Å². The number of nitrogens with zero attached hydrogens (tertiary/aromatic N) is 5. The van der Waals surface area contributed by atoms with Gasteiger partial charge in [-0.05, 0) is 37.1 Å². The lowest BCUT2D eigenvalue weighted by atomic mass is 10.0. The topological polar surface area (TPSA) is 71.9 Å². The number of aromatic nitrogens is 4. The van der Waals surface area contributed by atoms with Crippen molar-refractivity contribution in [2.75, 3.05) is 13.1 Å². The molecule has 0 aromatic carbocycles. The molecule has 136 valence electrons. The molecule has 6 heteroatoms. The number of pyridine rings is 2. The fraction of sp³-hybridized carbons (Fsp3) is 0.286. The van der Waals surface area contributed by atoms with E-state index in [0.717, 1.165) is 47.5 Å². The van der Waals surface area contributed by atoms with Crippen LogP contribution < -0.4 is 0 Å². The van der Waals surface area contributed by atoms with Gasteiger partial charge in [0.25, 0.3) is 5.91 Å². The molecule has 27 heavy (non-hydrogen) atoms. The Morgan fingerprint density at radius 2 is 1.85 bits per heavy atom. The molecule has 0 unspecified atom stereocenters. The van der Waals surface area contributed by atoms with Gasteiger partial charge in [-0.3, -0.25) is 14.8 Å². The first kappa shape index (κ1) is 17.3. The Labute approximate surface area is 158 Å². The van der Waals surface area contributed by atoms with Crippen molar-refractivity contribution in [1.82, 2.24) is 24.8 Å². The third kappa shape index (κ3) is 3.56. The van der Waals surface area contributed by atoms with E-state index in [1.807, 2.05) is 29.2 Å². The number of rotatable bonds is 3. The van der Waals surface area contributed by atoms with Gasteiger partial charge in [0, 0.05) is 60.6 Å². The molecule has 0 atom stereocenters. The van der Waals surface area contributed by atoms with Gasteiger partial charge in [0.15, 0.2) is 0 Å². The number of aryl methyl sites for hydroxylation is 1. The minimum atomic E-state index is 0.0244. The predicted molar refractivity (Wildman–Crippen MR) is 102 cm³/mol. The molecule has 0 saturated heterocycles. The molecular formula is C21H21N5O. The first-order chi connectivity index (χ1) is 13.3. The second-order valence-corrected chi connectivity index (χ2v) is 6.57. The molecule has 3 aromatic heterocycles. The van der Waals surface area contributed by atoms with Gasteiger partial charge in [-0.25, -0.2) is 9.97 Å². The summed E-state index contributed by atoms with van der Waals surface area (Å²) in [4.78, 5) is 32.2. The SMILES string of the molecule is CCc1ccc(C(=O)N2CCc3ncnc(-c4ccncc4)c3CC2)cn1. The van der Waals surface area contributed by atoms with E-state index in [2.05, 4.69) is 26.9 Å². The van der Waals surface area contributed by atoms with Gasteiger partial charge >= 0.3 is 0 Å². The van der Waals surface area contributed by atoms with Gasteiger partial charge in [0.1, 0.15) is 6.33 Å². The van der Waals surface area contributed by atoms with Gasteiger partial charge in [0.05, 0.1) is 11.3 Å². The standard InChI is InChI=1S/C21H21N5O/c1-2-17-4-3-16(13-23-17)21(27)26-11-7-18-19(8-12-26)24-14-25-20(18)15-5-9-22-10-6-15/h3-6,9-10,13-14H,2,7-8,11-12H2,1H3. The second kappa shape index (κ2) is 7.61. The summed E-state index contributed by atoms with van der Waals surface area (Å²) < 4.78 is 0. The number of hydrogen-bond acceptors (Lipinski definition) is 5. The van der Waals surface area contributed by atoms with E-state index in [0.29, 0.717) is 18.7 Å². The van der Waals surface area contributed by atoms with Gasteiger partial charge < -0.3 is 4.90 Å². The number of fused-ring (bicyclic) bond motifs is 1. The number of amides is 1. The average molecular weight is 359 g/mol. The van der Waals surface area contributed by atoms with Crippen LogP contribution in [0.1, 0.15) is 34.2 Å². The second-order valence-electron chi connectivity index (χ2n) is 6.57. The molecule has 0 spiro atoms. The maximum Gasteiger partial charge on any atom is 0.255 e. The quantitative estimate of drug-likeness (QED) is 0.719. The van der Waals surface area contributed by atoms with Gasteiger partial charge in [0.2, 0.25) is 0 Å². The molecule has 0 N–H and O–H groups in total. The number of carbonyl (C=O) groups is 1. The van der Waals surface area contributed by atoms with Crippen LogP contribution in [0.2, 0.25) is 0 Å². The molecule has 0 aliphatic carbocycles. The van der Waals surface area contributed by atoms with Crippen LogP contribution in [0.3, 0.4) is 0 Å². The maximum atomic E-state index is 12.9. The van der Waals surface area contributed by atoms with Gasteiger partial charge in [-0.1, -0.05) is 6.92 Å².